The third-order valence-corrected chi connectivity index (χ3v) is 2.22. The molecule has 0 fully saturated rings. The monoisotopic (exact) mass is 222 g/mol. The van der Waals surface area contributed by atoms with Crippen LogP contribution in [0.1, 0.15) is 11.5 Å². The van der Waals surface area contributed by atoms with Crippen molar-refractivity contribution in [2.75, 3.05) is 25.6 Å². The number of nitrogens with zero attached hydrogens (tertiary/aromatic N) is 3. The zero-order chi connectivity index (χ0) is 11.5. The number of ether oxygens (including phenoxy) is 1. The van der Waals surface area contributed by atoms with Gasteiger partial charge in [-0.2, -0.15) is 4.98 Å². The van der Waals surface area contributed by atoms with Gasteiger partial charge in [0.05, 0.1) is 12.3 Å². The van der Waals surface area contributed by atoms with Crippen molar-refractivity contribution >= 4 is 16.9 Å². The molecule has 0 spiro atoms. The van der Waals surface area contributed by atoms with Gasteiger partial charge >= 0.3 is 0 Å². The summed E-state index contributed by atoms with van der Waals surface area (Å²) < 4.78 is 10.1. The van der Waals surface area contributed by atoms with Crippen LogP contribution in [0.5, 0.6) is 0 Å². The lowest BCUT2D eigenvalue weighted by molar-refractivity contribution is 0.210. The van der Waals surface area contributed by atoms with E-state index in [0.29, 0.717) is 24.7 Å². The van der Waals surface area contributed by atoms with Crippen molar-refractivity contribution < 1.29 is 9.26 Å². The Morgan fingerprint density at radius 3 is 2.88 bits per heavy atom. The molecule has 0 aliphatic rings. The predicted octanol–water partition coefficient (Wildman–Crippen LogP) is 1.29. The van der Waals surface area contributed by atoms with Crippen molar-refractivity contribution in [1.29, 1.82) is 0 Å². The number of rotatable bonds is 4. The molecule has 0 atom stereocenters. The van der Waals surface area contributed by atoms with Gasteiger partial charge in [0, 0.05) is 13.7 Å². The van der Waals surface area contributed by atoms with E-state index in [4.69, 9.17) is 9.26 Å². The van der Waals surface area contributed by atoms with Gasteiger partial charge < -0.3 is 14.6 Å². The first-order valence-electron chi connectivity index (χ1n) is 5.06. The average molecular weight is 222 g/mol. The molecule has 0 aliphatic carbocycles. The first kappa shape index (κ1) is 10.8. The molecule has 6 heteroatoms. The first-order chi connectivity index (χ1) is 7.72. The number of hydrogen-bond acceptors (Lipinski definition) is 6. The van der Waals surface area contributed by atoms with Gasteiger partial charge in [-0.1, -0.05) is 5.16 Å². The van der Waals surface area contributed by atoms with E-state index in [1.54, 1.807) is 7.11 Å². The summed E-state index contributed by atoms with van der Waals surface area (Å²) in [4.78, 5) is 8.50. The minimum atomic E-state index is 0.518. The summed E-state index contributed by atoms with van der Waals surface area (Å²) in [6, 6.07) is 0. The van der Waals surface area contributed by atoms with Crippen LogP contribution < -0.4 is 5.32 Å². The Morgan fingerprint density at radius 2 is 2.12 bits per heavy atom. The lowest BCUT2D eigenvalue weighted by Gasteiger charge is -2.06. The van der Waals surface area contributed by atoms with Gasteiger partial charge in [-0.3, -0.25) is 0 Å². The fourth-order valence-electron chi connectivity index (χ4n) is 1.50. The normalized spacial score (nSPS) is 10.9. The zero-order valence-electron chi connectivity index (χ0n) is 9.57. The van der Waals surface area contributed by atoms with Crippen molar-refractivity contribution in [1.82, 2.24) is 15.1 Å². The molecule has 0 aliphatic heterocycles. The number of nitrogens with one attached hydrogen (secondary N) is 1. The van der Waals surface area contributed by atoms with E-state index >= 15 is 0 Å². The summed E-state index contributed by atoms with van der Waals surface area (Å²) in [5.41, 5.74) is 1.31. The van der Waals surface area contributed by atoms with E-state index in [0.717, 1.165) is 16.9 Å². The Balaban J connectivity index is 2.37. The highest BCUT2D eigenvalue weighted by atomic mass is 16.5. The molecule has 2 rings (SSSR count). The molecular formula is C10H14N4O2. The fourth-order valence-corrected chi connectivity index (χ4v) is 1.50. The smallest absolute Gasteiger partial charge is 0.263 e. The Bertz CT molecular complexity index is 495. The second-order valence-corrected chi connectivity index (χ2v) is 3.49. The maximum absolute atomic E-state index is 5.10. The van der Waals surface area contributed by atoms with Crippen LogP contribution >= 0.6 is 0 Å². The van der Waals surface area contributed by atoms with Crippen LogP contribution in [0.15, 0.2) is 4.52 Å². The van der Waals surface area contributed by atoms with Crippen LogP contribution in [0.3, 0.4) is 0 Å². The van der Waals surface area contributed by atoms with Gasteiger partial charge in [-0.15, -0.1) is 0 Å². The maximum atomic E-state index is 5.10. The molecule has 0 amide bonds. The highest BCUT2D eigenvalue weighted by Crippen LogP contribution is 2.23. The molecule has 86 valence electrons. The van der Waals surface area contributed by atoms with Crippen molar-refractivity contribution in [2.45, 2.75) is 13.8 Å². The molecule has 2 aromatic rings. The van der Waals surface area contributed by atoms with Gasteiger partial charge in [0.15, 0.2) is 0 Å². The number of anilines is 1. The Morgan fingerprint density at radius 1 is 1.31 bits per heavy atom. The highest BCUT2D eigenvalue weighted by Gasteiger charge is 2.12. The van der Waals surface area contributed by atoms with Gasteiger partial charge in [0.25, 0.3) is 5.71 Å². The number of hydrogen-bond donors (Lipinski definition) is 1. The average Bonchev–Trinajstić information content (AvgIpc) is 2.60. The third-order valence-electron chi connectivity index (χ3n) is 2.22. The van der Waals surface area contributed by atoms with Crippen LogP contribution in [-0.4, -0.2) is 35.4 Å². The standard InChI is InChI=1S/C10H14N4O2/c1-6-8-9(11-4-5-15-3)12-7(2)13-10(8)16-14-6/h4-5H2,1-3H3,(H,11,12,13). The molecule has 0 saturated heterocycles. The summed E-state index contributed by atoms with van der Waals surface area (Å²) in [6.45, 7) is 4.99. The molecule has 0 aromatic carbocycles. The van der Waals surface area contributed by atoms with E-state index in [1.165, 1.54) is 0 Å². The minimum absolute atomic E-state index is 0.518. The van der Waals surface area contributed by atoms with E-state index in [-0.39, 0.29) is 0 Å². The summed E-state index contributed by atoms with van der Waals surface area (Å²) >= 11 is 0. The van der Waals surface area contributed by atoms with Crippen molar-refractivity contribution in [2.24, 2.45) is 0 Å². The zero-order valence-corrected chi connectivity index (χ0v) is 9.57. The Hall–Kier alpha value is -1.69. The maximum Gasteiger partial charge on any atom is 0.263 e. The molecule has 1 N–H and O–H groups in total. The van der Waals surface area contributed by atoms with Crippen LogP contribution in [0.2, 0.25) is 0 Å². The highest BCUT2D eigenvalue weighted by molar-refractivity contribution is 5.87. The van der Waals surface area contributed by atoms with Gasteiger partial charge in [-0.25, -0.2) is 4.98 Å². The Kier molecular flexibility index (Phi) is 3.00. The van der Waals surface area contributed by atoms with Gasteiger partial charge in [0.2, 0.25) is 0 Å². The number of aryl methyl sites for hydroxylation is 2. The van der Waals surface area contributed by atoms with E-state index in [2.05, 4.69) is 20.4 Å². The van der Waals surface area contributed by atoms with E-state index < -0.39 is 0 Å². The second-order valence-electron chi connectivity index (χ2n) is 3.49. The lowest BCUT2D eigenvalue weighted by atomic mass is 10.3. The Labute approximate surface area is 93.0 Å². The quantitative estimate of drug-likeness (QED) is 0.786. The minimum Gasteiger partial charge on any atom is -0.383 e. The van der Waals surface area contributed by atoms with E-state index in [9.17, 15) is 0 Å². The summed E-state index contributed by atoms with van der Waals surface area (Å²) in [5, 5.41) is 7.89. The number of fused-ring (bicyclic) bond motifs is 1. The van der Waals surface area contributed by atoms with Gasteiger partial charge in [-0.05, 0) is 13.8 Å². The molecule has 0 saturated carbocycles. The molecule has 0 unspecified atom stereocenters. The van der Waals surface area contributed by atoms with Crippen molar-refractivity contribution in [3.63, 3.8) is 0 Å². The second kappa shape index (κ2) is 4.44. The van der Waals surface area contributed by atoms with Crippen LogP contribution in [0, 0.1) is 13.8 Å². The van der Waals surface area contributed by atoms with Crippen molar-refractivity contribution in [3.05, 3.63) is 11.5 Å². The number of aromatic nitrogens is 3. The summed E-state index contributed by atoms with van der Waals surface area (Å²) in [5.74, 6) is 1.40. The fraction of sp³-hybridized carbons (Fsp3) is 0.500. The molecule has 0 bridgehead atoms. The van der Waals surface area contributed by atoms with Crippen molar-refractivity contribution in [3.8, 4) is 0 Å². The largest absolute Gasteiger partial charge is 0.383 e. The molecule has 6 nitrogen and oxygen atoms in total. The van der Waals surface area contributed by atoms with Crippen LogP contribution in [0.4, 0.5) is 5.82 Å². The predicted molar refractivity (Wildman–Crippen MR) is 59.4 cm³/mol. The SMILES string of the molecule is COCCNc1nc(C)nc2onc(C)c12. The first-order valence-corrected chi connectivity index (χ1v) is 5.06. The molecule has 16 heavy (non-hydrogen) atoms. The lowest BCUT2D eigenvalue weighted by Crippen LogP contribution is -2.10. The van der Waals surface area contributed by atoms with E-state index in [1.807, 2.05) is 13.8 Å². The number of methoxy groups -OCH3 is 1. The third kappa shape index (κ3) is 1.96. The van der Waals surface area contributed by atoms with Gasteiger partial charge in [0.1, 0.15) is 17.0 Å². The van der Waals surface area contributed by atoms with Crippen LogP contribution in [0.25, 0.3) is 11.1 Å². The summed E-state index contributed by atoms with van der Waals surface area (Å²) in [7, 11) is 1.66. The topological polar surface area (TPSA) is 73.1 Å². The van der Waals surface area contributed by atoms with Crippen LogP contribution in [-0.2, 0) is 4.74 Å². The summed E-state index contributed by atoms with van der Waals surface area (Å²) in [6.07, 6.45) is 0. The molecular weight excluding hydrogens is 208 g/mol. The molecule has 0 radical (unpaired) electrons. The molecule has 2 aromatic heterocycles. The molecule has 2 heterocycles.